The van der Waals surface area contributed by atoms with E-state index in [4.69, 9.17) is 9.47 Å². The van der Waals surface area contributed by atoms with Gasteiger partial charge in [-0.25, -0.2) is 0 Å². The Labute approximate surface area is 217 Å². The molecule has 0 unspecified atom stereocenters. The molecule has 0 atom stereocenters. The molecular weight excluding hydrogens is 470 g/mol. The minimum Gasteiger partial charge on any atom is -0.490 e. The van der Waals surface area contributed by atoms with E-state index in [2.05, 4.69) is 32.9 Å². The summed E-state index contributed by atoms with van der Waals surface area (Å²) in [6.07, 6.45) is 1.75. The van der Waals surface area contributed by atoms with Gasteiger partial charge in [-0.15, -0.1) is 0 Å². The average Bonchev–Trinajstić information content (AvgIpc) is 3.11. The number of rotatable bonds is 8. The fourth-order valence-corrected chi connectivity index (χ4v) is 4.61. The minimum absolute atomic E-state index is 0.115. The predicted octanol–water partition coefficient (Wildman–Crippen LogP) is 6.99. The molecule has 0 aliphatic carbocycles. The molecule has 3 aromatic rings. The maximum absolute atomic E-state index is 12.8. The van der Waals surface area contributed by atoms with Crippen LogP contribution in [0, 0.1) is 6.92 Å². The number of nitrogens with zero attached hydrogens (tertiary/aromatic N) is 1. The third kappa shape index (κ3) is 6.38. The average molecular weight is 502 g/mol. The largest absolute Gasteiger partial charge is 0.490 e. The maximum Gasteiger partial charge on any atom is 0.293 e. The fraction of sp³-hybridized carbons (Fsp3) is 0.267. The number of hydrogen-bond acceptors (Lipinski definition) is 5. The lowest BCUT2D eigenvalue weighted by atomic mass is 9.87. The van der Waals surface area contributed by atoms with Crippen LogP contribution in [0.4, 0.5) is 4.79 Å². The molecule has 4 rings (SSSR count). The van der Waals surface area contributed by atoms with Crippen LogP contribution < -0.4 is 9.47 Å². The first-order chi connectivity index (χ1) is 17.2. The van der Waals surface area contributed by atoms with Gasteiger partial charge in [0, 0.05) is 0 Å². The summed E-state index contributed by atoms with van der Waals surface area (Å²) in [7, 11) is 0. The Kier molecular flexibility index (Phi) is 7.85. The number of carbonyl (C=O) groups excluding carboxylic acids is 2. The highest BCUT2D eigenvalue weighted by molar-refractivity contribution is 8.18. The molecule has 5 nitrogen and oxygen atoms in total. The zero-order chi connectivity index (χ0) is 25.7. The van der Waals surface area contributed by atoms with Crippen LogP contribution in [-0.4, -0.2) is 29.3 Å². The lowest BCUT2D eigenvalue weighted by molar-refractivity contribution is -0.123. The van der Waals surface area contributed by atoms with E-state index in [1.165, 1.54) is 10.5 Å². The molecule has 0 N–H and O–H groups in total. The second-order valence-electron chi connectivity index (χ2n) is 9.73. The number of benzene rings is 3. The highest BCUT2D eigenvalue weighted by Crippen LogP contribution is 2.34. The number of aryl methyl sites for hydroxylation is 1. The maximum atomic E-state index is 12.8. The Morgan fingerprint density at radius 1 is 0.833 bits per heavy atom. The van der Waals surface area contributed by atoms with Crippen molar-refractivity contribution in [3.8, 4) is 11.5 Å². The van der Waals surface area contributed by atoms with Gasteiger partial charge >= 0.3 is 0 Å². The highest BCUT2D eigenvalue weighted by Gasteiger charge is 2.35. The second kappa shape index (κ2) is 11.0. The van der Waals surface area contributed by atoms with Gasteiger partial charge in [0.25, 0.3) is 11.1 Å². The zero-order valence-corrected chi connectivity index (χ0v) is 21.9. The van der Waals surface area contributed by atoms with Crippen LogP contribution in [0.3, 0.4) is 0 Å². The minimum atomic E-state index is -0.263. The smallest absolute Gasteiger partial charge is 0.293 e. The van der Waals surface area contributed by atoms with Gasteiger partial charge in [-0.3, -0.25) is 14.5 Å². The Balaban J connectivity index is 1.28. The summed E-state index contributed by atoms with van der Waals surface area (Å²) in [6, 6.07) is 23.4. The molecule has 0 radical (unpaired) electrons. The van der Waals surface area contributed by atoms with Gasteiger partial charge in [-0.2, -0.15) is 0 Å². The van der Waals surface area contributed by atoms with Crippen molar-refractivity contribution in [2.24, 2.45) is 0 Å². The summed E-state index contributed by atoms with van der Waals surface area (Å²) in [5.74, 6) is 1.27. The Morgan fingerprint density at radius 2 is 1.42 bits per heavy atom. The molecule has 2 amide bonds. The van der Waals surface area contributed by atoms with E-state index < -0.39 is 0 Å². The van der Waals surface area contributed by atoms with Crippen molar-refractivity contribution in [2.75, 3.05) is 13.2 Å². The highest BCUT2D eigenvalue weighted by atomic mass is 32.2. The molecule has 3 aromatic carbocycles. The van der Waals surface area contributed by atoms with Crippen molar-refractivity contribution >= 4 is 29.0 Å². The van der Waals surface area contributed by atoms with Gasteiger partial charge in [0.15, 0.2) is 0 Å². The van der Waals surface area contributed by atoms with Crippen LogP contribution >= 0.6 is 11.8 Å². The summed E-state index contributed by atoms with van der Waals surface area (Å²) in [6.45, 7) is 9.66. The van der Waals surface area contributed by atoms with Crippen LogP contribution in [0.2, 0.25) is 0 Å². The molecule has 0 aromatic heterocycles. The molecule has 1 saturated heterocycles. The van der Waals surface area contributed by atoms with E-state index in [0.29, 0.717) is 23.9 Å². The summed E-state index contributed by atoms with van der Waals surface area (Å²) in [5.41, 5.74) is 4.23. The number of ether oxygens (including phenoxy) is 2. The first kappa shape index (κ1) is 25.6. The fourth-order valence-electron chi connectivity index (χ4n) is 3.78. The summed E-state index contributed by atoms with van der Waals surface area (Å²) >= 11 is 0.973. The number of hydrogen-bond donors (Lipinski definition) is 0. The van der Waals surface area contributed by atoms with E-state index >= 15 is 0 Å². The van der Waals surface area contributed by atoms with E-state index in [0.717, 1.165) is 34.2 Å². The Bertz CT molecular complexity index is 1260. The molecule has 1 fully saturated rings. The van der Waals surface area contributed by atoms with Crippen LogP contribution in [0.15, 0.2) is 77.7 Å². The van der Waals surface area contributed by atoms with Gasteiger partial charge in [-0.1, -0.05) is 69.3 Å². The number of carbonyl (C=O) groups is 2. The van der Waals surface area contributed by atoms with Gasteiger partial charge in [0.1, 0.15) is 24.7 Å². The normalized spacial score (nSPS) is 15.0. The lowest BCUT2D eigenvalue weighted by Crippen LogP contribution is -2.27. The molecule has 1 aliphatic rings. The zero-order valence-electron chi connectivity index (χ0n) is 21.1. The van der Waals surface area contributed by atoms with Crippen molar-refractivity contribution in [1.29, 1.82) is 0 Å². The van der Waals surface area contributed by atoms with Crippen LogP contribution in [0.1, 0.15) is 43.0 Å². The topological polar surface area (TPSA) is 55.8 Å². The summed E-state index contributed by atoms with van der Waals surface area (Å²) in [5, 5.41) is -0.248. The monoisotopic (exact) mass is 501 g/mol. The molecule has 0 spiro atoms. The second-order valence-corrected chi connectivity index (χ2v) is 10.7. The van der Waals surface area contributed by atoms with Crippen molar-refractivity contribution in [2.45, 2.75) is 39.7 Å². The van der Waals surface area contributed by atoms with Crippen LogP contribution in [-0.2, 0) is 16.8 Å². The number of thioether (sulfide) groups is 1. The first-order valence-corrected chi connectivity index (χ1v) is 12.8. The van der Waals surface area contributed by atoms with Gasteiger partial charge in [-0.05, 0) is 76.7 Å². The standard InChI is InChI=1S/C30H31NO4S/c1-21-7-5-6-8-23(21)20-31-28(32)27(36-29(31)33)19-22-9-13-25(14-10-22)34-17-18-35-26-15-11-24(12-16-26)30(2,3)4/h5-16,19H,17-18,20H2,1-4H3/b27-19-. The van der Waals surface area contributed by atoms with Gasteiger partial charge in [0.2, 0.25) is 0 Å². The van der Waals surface area contributed by atoms with E-state index in [1.807, 2.05) is 67.6 Å². The third-order valence-electron chi connectivity index (χ3n) is 5.98. The Morgan fingerprint density at radius 3 is 2.00 bits per heavy atom. The molecule has 36 heavy (non-hydrogen) atoms. The van der Waals surface area contributed by atoms with E-state index in [9.17, 15) is 9.59 Å². The molecular formula is C30H31NO4S. The van der Waals surface area contributed by atoms with Crippen molar-refractivity contribution in [3.05, 3.63) is 100.0 Å². The van der Waals surface area contributed by atoms with Crippen LogP contribution in [0.5, 0.6) is 11.5 Å². The molecule has 0 saturated carbocycles. The third-order valence-corrected chi connectivity index (χ3v) is 6.89. The lowest BCUT2D eigenvalue weighted by Gasteiger charge is -2.19. The van der Waals surface area contributed by atoms with Crippen molar-refractivity contribution < 1.29 is 19.1 Å². The molecule has 6 heteroatoms. The number of amides is 2. The first-order valence-electron chi connectivity index (χ1n) is 12.0. The molecule has 186 valence electrons. The van der Waals surface area contributed by atoms with Gasteiger partial charge in [0.05, 0.1) is 11.4 Å². The summed E-state index contributed by atoms with van der Waals surface area (Å²) < 4.78 is 11.6. The van der Waals surface area contributed by atoms with Gasteiger partial charge < -0.3 is 9.47 Å². The molecule has 1 heterocycles. The van der Waals surface area contributed by atoms with Crippen molar-refractivity contribution in [3.63, 3.8) is 0 Å². The number of imide groups is 1. The summed E-state index contributed by atoms with van der Waals surface area (Å²) in [4.78, 5) is 27.0. The van der Waals surface area contributed by atoms with Crippen LogP contribution in [0.25, 0.3) is 6.08 Å². The molecule has 0 bridgehead atoms. The van der Waals surface area contributed by atoms with E-state index in [1.54, 1.807) is 6.08 Å². The quantitative estimate of drug-likeness (QED) is 0.246. The van der Waals surface area contributed by atoms with E-state index in [-0.39, 0.29) is 23.1 Å². The Hall–Kier alpha value is -3.51. The SMILES string of the molecule is Cc1ccccc1CN1C(=O)S/C(=C\c2ccc(OCCOc3ccc(C(C)(C)C)cc3)cc2)C1=O. The molecule has 1 aliphatic heterocycles. The predicted molar refractivity (Wildman–Crippen MR) is 145 cm³/mol. The van der Waals surface area contributed by atoms with Crippen molar-refractivity contribution in [1.82, 2.24) is 4.90 Å².